The molecule has 1 aromatic heterocycles. The molecule has 6 heteroatoms. The van der Waals surface area contributed by atoms with Crippen LogP contribution >= 0.6 is 11.6 Å². The molecular formula is C19H22ClN3O2. The van der Waals surface area contributed by atoms with E-state index in [9.17, 15) is 9.59 Å². The minimum Gasteiger partial charge on any atom is -0.355 e. The van der Waals surface area contributed by atoms with Gasteiger partial charge in [0.1, 0.15) is 5.41 Å². The maximum absolute atomic E-state index is 12.4. The van der Waals surface area contributed by atoms with E-state index < -0.39 is 5.41 Å². The Morgan fingerprint density at radius 1 is 1.08 bits per heavy atom. The lowest BCUT2D eigenvalue weighted by Gasteiger charge is -2.22. The minimum absolute atomic E-state index is 0.291. The average Bonchev–Trinajstić information content (AvgIpc) is 2.60. The van der Waals surface area contributed by atoms with Crippen LogP contribution in [-0.4, -0.2) is 23.3 Å². The Bertz CT molecular complexity index is 732. The fraction of sp³-hybridized carbons (Fsp3) is 0.316. The number of aromatic nitrogens is 1. The van der Waals surface area contributed by atoms with Gasteiger partial charge in [0.2, 0.25) is 11.8 Å². The molecule has 0 fully saturated rings. The average molecular weight is 360 g/mol. The smallest absolute Gasteiger partial charge is 0.235 e. The summed E-state index contributed by atoms with van der Waals surface area (Å²) in [5.74, 6) is -0.647. The maximum Gasteiger partial charge on any atom is 0.235 e. The summed E-state index contributed by atoms with van der Waals surface area (Å²) in [4.78, 5) is 28.8. The molecule has 0 bridgehead atoms. The lowest BCUT2D eigenvalue weighted by Crippen LogP contribution is -2.48. The summed E-state index contributed by atoms with van der Waals surface area (Å²) in [5, 5.41) is 6.23. The molecule has 1 heterocycles. The van der Waals surface area contributed by atoms with Crippen LogP contribution in [0.1, 0.15) is 25.1 Å². The Kier molecular flexibility index (Phi) is 6.53. The molecule has 0 atom stereocenters. The zero-order valence-corrected chi connectivity index (χ0v) is 15.1. The highest BCUT2D eigenvalue weighted by Crippen LogP contribution is 2.16. The quantitative estimate of drug-likeness (QED) is 0.747. The first-order chi connectivity index (χ1) is 11.9. The Morgan fingerprint density at radius 2 is 1.84 bits per heavy atom. The largest absolute Gasteiger partial charge is 0.355 e. The van der Waals surface area contributed by atoms with Crippen LogP contribution in [0.15, 0.2) is 48.7 Å². The van der Waals surface area contributed by atoms with E-state index in [-0.39, 0.29) is 11.8 Å². The van der Waals surface area contributed by atoms with Gasteiger partial charge in [0.25, 0.3) is 0 Å². The van der Waals surface area contributed by atoms with Gasteiger partial charge in [-0.3, -0.25) is 14.6 Å². The van der Waals surface area contributed by atoms with Gasteiger partial charge in [-0.25, -0.2) is 0 Å². The first kappa shape index (κ1) is 18.9. The van der Waals surface area contributed by atoms with Gasteiger partial charge in [-0.2, -0.15) is 0 Å². The van der Waals surface area contributed by atoms with E-state index >= 15 is 0 Å². The van der Waals surface area contributed by atoms with Crippen molar-refractivity contribution in [2.75, 3.05) is 6.54 Å². The van der Waals surface area contributed by atoms with E-state index in [4.69, 9.17) is 11.6 Å². The molecule has 132 valence electrons. The van der Waals surface area contributed by atoms with Crippen LogP contribution in [0, 0.1) is 5.41 Å². The molecule has 0 saturated heterocycles. The molecule has 0 saturated carbocycles. The number of pyridine rings is 1. The van der Waals surface area contributed by atoms with Crippen molar-refractivity contribution in [1.82, 2.24) is 15.6 Å². The lowest BCUT2D eigenvalue weighted by atomic mass is 9.91. The minimum atomic E-state index is -1.16. The zero-order valence-electron chi connectivity index (χ0n) is 14.4. The van der Waals surface area contributed by atoms with Gasteiger partial charge >= 0.3 is 0 Å². The van der Waals surface area contributed by atoms with Gasteiger partial charge in [0, 0.05) is 17.8 Å². The van der Waals surface area contributed by atoms with Crippen LogP contribution in [-0.2, 0) is 22.6 Å². The molecule has 0 unspecified atom stereocenters. The number of carbonyl (C=O) groups excluding carboxylic acids is 2. The second-order valence-electron chi connectivity index (χ2n) is 6.26. The van der Waals surface area contributed by atoms with Crippen LogP contribution < -0.4 is 10.6 Å². The first-order valence-corrected chi connectivity index (χ1v) is 8.48. The van der Waals surface area contributed by atoms with Gasteiger partial charge in [-0.1, -0.05) is 29.8 Å². The highest BCUT2D eigenvalue weighted by molar-refractivity contribution is 6.30. The molecular weight excluding hydrogens is 338 g/mol. The third-order valence-electron chi connectivity index (χ3n) is 3.88. The van der Waals surface area contributed by atoms with Gasteiger partial charge in [-0.15, -0.1) is 0 Å². The van der Waals surface area contributed by atoms with Crippen LogP contribution in [0.5, 0.6) is 0 Å². The topological polar surface area (TPSA) is 71.1 Å². The summed E-state index contributed by atoms with van der Waals surface area (Å²) >= 11 is 5.94. The van der Waals surface area contributed by atoms with Gasteiger partial charge in [0.05, 0.1) is 12.2 Å². The monoisotopic (exact) mass is 359 g/mol. The number of amides is 2. The van der Waals surface area contributed by atoms with E-state index in [1.807, 2.05) is 36.4 Å². The zero-order chi connectivity index (χ0) is 18.3. The van der Waals surface area contributed by atoms with E-state index in [2.05, 4.69) is 15.6 Å². The molecule has 0 aliphatic heterocycles. The Morgan fingerprint density at radius 3 is 2.52 bits per heavy atom. The van der Waals surface area contributed by atoms with Gasteiger partial charge in [-0.05, 0) is 50.1 Å². The van der Waals surface area contributed by atoms with E-state index in [0.29, 0.717) is 24.5 Å². The Labute approximate surface area is 152 Å². The molecule has 2 rings (SSSR count). The van der Waals surface area contributed by atoms with Crippen LogP contribution in [0.2, 0.25) is 5.02 Å². The predicted molar refractivity (Wildman–Crippen MR) is 98.0 cm³/mol. The molecule has 2 aromatic rings. The third kappa shape index (κ3) is 5.57. The molecule has 1 aromatic carbocycles. The first-order valence-electron chi connectivity index (χ1n) is 8.10. The van der Waals surface area contributed by atoms with Crippen LogP contribution in [0.25, 0.3) is 0 Å². The SMILES string of the molecule is CC(C)(C(=O)NCCc1cccc(Cl)c1)C(=O)NCc1ccccn1. The Hall–Kier alpha value is -2.40. The number of halogens is 1. The van der Waals surface area contributed by atoms with E-state index in [0.717, 1.165) is 11.3 Å². The van der Waals surface area contributed by atoms with Crippen molar-refractivity contribution in [2.24, 2.45) is 5.41 Å². The number of hydrogen-bond acceptors (Lipinski definition) is 3. The van der Waals surface area contributed by atoms with Crippen molar-refractivity contribution in [3.8, 4) is 0 Å². The number of hydrogen-bond donors (Lipinski definition) is 2. The Balaban J connectivity index is 1.82. The van der Waals surface area contributed by atoms with E-state index in [1.54, 1.807) is 26.1 Å². The second kappa shape index (κ2) is 8.62. The van der Waals surface area contributed by atoms with Gasteiger partial charge in [0.15, 0.2) is 0 Å². The summed E-state index contributed by atoms with van der Waals surface area (Å²) < 4.78 is 0. The molecule has 0 aliphatic rings. The lowest BCUT2D eigenvalue weighted by molar-refractivity contribution is -0.141. The second-order valence-corrected chi connectivity index (χ2v) is 6.70. The van der Waals surface area contributed by atoms with Crippen molar-refractivity contribution in [3.05, 3.63) is 64.9 Å². The van der Waals surface area contributed by atoms with Crippen molar-refractivity contribution in [1.29, 1.82) is 0 Å². The van der Waals surface area contributed by atoms with Crippen LogP contribution in [0.4, 0.5) is 0 Å². The summed E-state index contributed by atoms with van der Waals surface area (Å²) in [6.45, 7) is 3.94. The number of nitrogens with zero attached hydrogens (tertiary/aromatic N) is 1. The number of rotatable bonds is 7. The summed E-state index contributed by atoms with van der Waals surface area (Å²) in [7, 11) is 0. The summed E-state index contributed by atoms with van der Waals surface area (Å²) in [6.07, 6.45) is 2.31. The van der Waals surface area contributed by atoms with Crippen molar-refractivity contribution in [3.63, 3.8) is 0 Å². The number of benzene rings is 1. The molecule has 0 aliphatic carbocycles. The fourth-order valence-electron chi connectivity index (χ4n) is 2.23. The summed E-state index contributed by atoms with van der Waals surface area (Å²) in [5.41, 5.74) is 0.613. The maximum atomic E-state index is 12.4. The fourth-order valence-corrected chi connectivity index (χ4v) is 2.44. The van der Waals surface area contributed by atoms with Crippen molar-refractivity contribution in [2.45, 2.75) is 26.8 Å². The highest BCUT2D eigenvalue weighted by atomic mass is 35.5. The molecule has 2 N–H and O–H groups in total. The van der Waals surface area contributed by atoms with Crippen LogP contribution in [0.3, 0.4) is 0 Å². The van der Waals surface area contributed by atoms with E-state index in [1.165, 1.54) is 0 Å². The van der Waals surface area contributed by atoms with Crippen molar-refractivity contribution < 1.29 is 9.59 Å². The predicted octanol–water partition coefficient (Wildman–Crippen LogP) is 2.74. The number of nitrogens with one attached hydrogen (secondary N) is 2. The van der Waals surface area contributed by atoms with Gasteiger partial charge < -0.3 is 10.6 Å². The van der Waals surface area contributed by atoms with Crippen molar-refractivity contribution >= 4 is 23.4 Å². The highest BCUT2D eigenvalue weighted by Gasteiger charge is 2.35. The molecule has 25 heavy (non-hydrogen) atoms. The molecule has 0 radical (unpaired) electrons. The third-order valence-corrected chi connectivity index (χ3v) is 4.11. The molecule has 0 spiro atoms. The molecule has 2 amide bonds. The normalized spacial score (nSPS) is 11.0. The molecule has 5 nitrogen and oxygen atoms in total. The number of carbonyl (C=O) groups is 2. The summed E-state index contributed by atoms with van der Waals surface area (Å²) in [6, 6.07) is 13.0. The standard InChI is InChI=1S/C19H22ClN3O2/c1-19(2,18(25)23-13-16-8-3-4-10-21-16)17(24)22-11-9-14-6-5-7-15(20)12-14/h3-8,10,12H,9,11,13H2,1-2H3,(H,22,24)(H,23,25).